The summed E-state index contributed by atoms with van der Waals surface area (Å²) in [4.78, 5) is 8.10. The van der Waals surface area contributed by atoms with Gasteiger partial charge in [-0.15, -0.1) is 0 Å². The Morgan fingerprint density at radius 3 is 2.61 bits per heavy atom. The molecule has 4 nitrogen and oxygen atoms in total. The molecule has 0 saturated carbocycles. The predicted octanol–water partition coefficient (Wildman–Crippen LogP) is 0.588. The van der Waals surface area contributed by atoms with Crippen molar-refractivity contribution in [2.24, 2.45) is 0 Å². The van der Waals surface area contributed by atoms with Crippen LogP contribution in [0.15, 0.2) is 41.8 Å². The fourth-order valence-corrected chi connectivity index (χ4v) is 2.13. The van der Waals surface area contributed by atoms with Gasteiger partial charge in [-0.3, -0.25) is 0 Å². The summed E-state index contributed by atoms with van der Waals surface area (Å²) in [5, 5.41) is 18.6. The summed E-state index contributed by atoms with van der Waals surface area (Å²) in [5.41, 5.74) is 0.652. The Labute approximate surface area is 108 Å². The molecule has 0 amide bonds. The summed E-state index contributed by atoms with van der Waals surface area (Å²) in [6.45, 7) is 0. The summed E-state index contributed by atoms with van der Waals surface area (Å²) in [6, 6.07) is 5.96. The number of benzene rings is 1. The van der Waals surface area contributed by atoms with Crippen LogP contribution >= 0.6 is 11.8 Å². The fourth-order valence-electron chi connectivity index (χ4n) is 1.39. The van der Waals surface area contributed by atoms with Crippen LogP contribution in [0.25, 0.3) is 0 Å². The van der Waals surface area contributed by atoms with Crippen molar-refractivity contribution in [3.05, 3.63) is 48.0 Å². The third-order valence-electron chi connectivity index (χ3n) is 2.25. The topological polar surface area (TPSA) is 66.2 Å². The number of hydrogen-bond donors (Lipinski definition) is 2. The van der Waals surface area contributed by atoms with E-state index in [1.165, 1.54) is 23.9 Å². The average Bonchev–Trinajstić information content (AvgIpc) is 2.38. The third-order valence-corrected chi connectivity index (χ3v) is 3.20. The highest BCUT2D eigenvalue weighted by molar-refractivity contribution is 7.98. The number of rotatable bonds is 4. The highest BCUT2D eigenvalue weighted by Crippen LogP contribution is 2.17. The summed E-state index contributed by atoms with van der Waals surface area (Å²) in [6.07, 6.45) is 3.28. The molecule has 1 heterocycles. The minimum absolute atomic E-state index is 0.123. The van der Waals surface area contributed by atoms with E-state index in [0.717, 1.165) is 5.56 Å². The van der Waals surface area contributed by atoms with Gasteiger partial charge in [0.1, 0.15) is 5.82 Å². The second-order valence-electron chi connectivity index (χ2n) is 3.55. The second kappa shape index (κ2) is 5.95. The fraction of sp³-hybridized carbons (Fsp3) is 0.0909. The number of nitrogens with zero attached hydrogens (tertiary/aromatic N) is 2. The van der Waals surface area contributed by atoms with E-state index in [1.807, 2.05) is 0 Å². The molecule has 7 heteroatoms. The Kier molecular flexibility index (Phi) is 4.30. The normalized spacial score (nSPS) is 10.4. The van der Waals surface area contributed by atoms with Gasteiger partial charge in [-0.25, -0.2) is 14.4 Å². The van der Waals surface area contributed by atoms with Crippen molar-refractivity contribution >= 4 is 24.3 Å². The monoisotopic (exact) mass is 264 g/mol. The lowest BCUT2D eigenvalue weighted by Crippen LogP contribution is -2.33. The minimum Gasteiger partial charge on any atom is -0.423 e. The molecule has 0 saturated heterocycles. The van der Waals surface area contributed by atoms with Gasteiger partial charge in [-0.1, -0.05) is 23.9 Å². The van der Waals surface area contributed by atoms with Gasteiger partial charge in [-0.05, 0) is 17.7 Å². The quantitative estimate of drug-likeness (QED) is 0.480. The van der Waals surface area contributed by atoms with E-state index in [2.05, 4.69) is 9.97 Å². The van der Waals surface area contributed by atoms with Gasteiger partial charge in [0.2, 0.25) is 0 Å². The van der Waals surface area contributed by atoms with E-state index in [0.29, 0.717) is 10.9 Å². The Bertz CT molecular complexity index is 528. The molecule has 0 aliphatic heterocycles. The standard InChI is InChI=1S/C11H10BFN2O2S/c13-10-3-2-8(6-9(10)12(16)17)7-18-11-14-4-1-5-15-11/h1-6,16-17H,7H2. The number of halogens is 1. The lowest BCUT2D eigenvalue weighted by atomic mass is 9.79. The summed E-state index contributed by atoms with van der Waals surface area (Å²) in [5.74, 6) is -0.0981. The molecule has 1 aromatic heterocycles. The Morgan fingerprint density at radius 1 is 1.22 bits per heavy atom. The van der Waals surface area contributed by atoms with Gasteiger partial charge in [0.25, 0.3) is 0 Å². The first-order valence-corrected chi connectivity index (χ1v) is 6.19. The number of thioether (sulfide) groups is 1. The van der Waals surface area contributed by atoms with Gasteiger partial charge < -0.3 is 10.0 Å². The molecule has 1 aromatic carbocycles. The average molecular weight is 264 g/mol. The zero-order valence-corrected chi connectivity index (χ0v) is 10.1. The molecule has 2 N–H and O–H groups in total. The molecule has 0 fully saturated rings. The smallest absolute Gasteiger partial charge is 0.423 e. The van der Waals surface area contributed by atoms with Crippen molar-refractivity contribution in [2.75, 3.05) is 0 Å². The van der Waals surface area contributed by atoms with Crippen molar-refractivity contribution in [1.29, 1.82) is 0 Å². The van der Waals surface area contributed by atoms with Crippen LogP contribution < -0.4 is 5.46 Å². The molecule has 0 unspecified atom stereocenters. The van der Waals surface area contributed by atoms with Crippen molar-refractivity contribution in [1.82, 2.24) is 9.97 Å². The Balaban J connectivity index is 2.08. The summed E-state index contributed by atoms with van der Waals surface area (Å²) >= 11 is 1.39. The van der Waals surface area contributed by atoms with Gasteiger partial charge in [0, 0.05) is 23.6 Å². The van der Waals surface area contributed by atoms with Crippen molar-refractivity contribution < 1.29 is 14.4 Å². The van der Waals surface area contributed by atoms with Crippen LogP contribution in [0.5, 0.6) is 0 Å². The van der Waals surface area contributed by atoms with Crippen LogP contribution in [0.4, 0.5) is 4.39 Å². The molecule has 0 aliphatic rings. The molecule has 0 spiro atoms. The third kappa shape index (κ3) is 3.28. The van der Waals surface area contributed by atoms with Gasteiger partial charge in [0.15, 0.2) is 5.16 Å². The zero-order chi connectivity index (χ0) is 13.0. The number of aromatic nitrogens is 2. The lowest BCUT2D eigenvalue weighted by Gasteiger charge is -2.05. The van der Waals surface area contributed by atoms with Crippen LogP contribution in [0.3, 0.4) is 0 Å². The van der Waals surface area contributed by atoms with Crippen LogP contribution in [-0.2, 0) is 5.75 Å². The maximum atomic E-state index is 13.2. The molecule has 2 aromatic rings. The predicted molar refractivity (Wildman–Crippen MR) is 67.8 cm³/mol. The largest absolute Gasteiger partial charge is 0.491 e. The molecular weight excluding hydrogens is 254 g/mol. The summed E-state index contributed by atoms with van der Waals surface area (Å²) in [7, 11) is -1.80. The maximum absolute atomic E-state index is 13.2. The first-order valence-electron chi connectivity index (χ1n) is 5.21. The lowest BCUT2D eigenvalue weighted by molar-refractivity contribution is 0.423. The Hall–Kier alpha value is -1.44. The van der Waals surface area contributed by atoms with Crippen LogP contribution in [0.2, 0.25) is 0 Å². The van der Waals surface area contributed by atoms with Crippen LogP contribution in [0.1, 0.15) is 5.56 Å². The van der Waals surface area contributed by atoms with E-state index < -0.39 is 12.9 Å². The van der Waals surface area contributed by atoms with Crippen LogP contribution in [-0.4, -0.2) is 27.1 Å². The van der Waals surface area contributed by atoms with E-state index in [4.69, 9.17) is 10.0 Å². The van der Waals surface area contributed by atoms with Crippen molar-refractivity contribution in [2.45, 2.75) is 10.9 Å². The molecule has 0 atom stereocenters. The Morgan fingerprint density at radius 2 is 1.94 bits per heavy atom. The minimum atomic E-state index is -1.80. The van der Waals surface area contributed by atoms with Crippen LogP contribution in [0, 0.1) is 5.82 Å². The molecule has 18 heavy (non-hydrogen) atoms. The van der Waals surface area contributed by atoms with E-state index in [-0.39, 0.29) is 5.46 Å². The van der Waals surface area contributed by atoms with Gasteiger partial charge in [-0.2, -0.15) is 0 Å². The van der Waals surface area contributed by atoms with Gasteiger partial charge >= 0.3 is 7.12 Å². The first-order chi connectivity index (χ1) is 8.66. The van der Waals surface area contributed by atoms with Crippen molar-refractivity contribution in [3.8, 4) is 0 Å². The molecule has 0 bridgehead atoms. The molecule has 2 rings (SSSR count). The first kappa shape index (κ1) is 13.0. The summed E-state index contributed by atoms with van der Waals surface area (Å²) < 4.78 is 13.2. The highest BCUT2D eigenvalue weighted by atomic mass is 32.2. The molecular formula is C11H10BFN2O2S. The second-order valence-corrected chi connectivity index (χ2v) is 4.49. The zero-order valence-electron chi connectivity index (χ0n) is 9.32. The number of hydrogen-bond acceptors (Lipinski definition) is 5. The highest BCUT2D eigenvalue weighted by Gasteiger charge is 2.16. The maximum Gasteiger partial charge on any atom is 0.491 e. The molecule has 92 valence electrons. The SMILES string of the molecule is OB(O)c1cc(CSc2ncccn2)ccc1F. The van der Waals surface area contributed by atoms with E-state index in [1.54, 1.807) is 24.5 Å². The molecule has 0 radical (unpaired) electrons. The van der Waals surface area contributed by atoms with Crippen molar-refractivity contribution in [3.63, 3.8) is 0 Å². The molecule has 0 aliphatic carbocycles. The van der Waals surface area contributed by atoms with E-state index >= 15 is 0 Å². The van der Waals surface area contributed by atoms with E-state index in [9.17, 15) is 4.39 Å². The van der Waals surface area contributed by atoms with Gasteiger partial charge in [0.05, 0.1) is 0 Å².